The summed E-state index contributed by atoms with van der Waals surface area (Å²) >= 11 is 0. The third-order valence-electron chi connectivity index (χ3n) is 21.8. The summed E-state index contributed by atoms with van der Waals surface area (Å²) in [6, 6.07) is 146. The second kappa shape index (κ2) is 27.6. The SMILES string of the molecule is c1ccc(-c2cc(-c3ccccc3)nc(-c3cccc(-n4c5ccccc5c5cc(-c6ccc7c(c6)c6ccccc6n7-c6ccccc6)ccc54)c3)n2)cc1.c1ccc(-c2cc(-c3ccccc3)nc(-c3cccc(-n4c5ccccc5c5cc(-c6ccc7c(c6)c6ccccc6n7-c6ccccc6)ccc54)c3)n2)cc1. The third kappa shape index (κ3) is 11.6. The van der Waals surface area contributed by atoms with Crippen molar-refractivity contribution >= 4 is 87.2 Å². The van der Waals surface area contributed by atoms with Crippen LogP contribution >= 0.6 is 0 Å². The molecular formula is C104H68N8. The molecule has 0 amide bonds. The first-order valence-corrected chi connectivity index (χ1v) is 38.0. The molecule has 22 rings (SSSR count). The predicted octanol–water partition coefficient (Wildman–Crippen LogP) is 26.7. The molecule has 0 saturated heterocycles. The fraction of sp³-hybridized carbons (Fsp3) is 0. The molecule has 0 aliphatic heterocycles. The molecule has 0 radical (unpaired) electrons. The normalized spacial score (nSPS) is 11.6. The highest BCUT2D eigenvalue weighted by molar-refractivity contribution is 6.15. The number of benzene rings is 16. The standard InChI is InChI=1S/2C52H34N4/c2*1-4-15-35(16-5-1)46-34-47(36-17-6-2-7-18-36)54-52(53-46)39-19-14-22-41(31-39)56-49-26-13-11-24-43(49)45-33-38(28-30-51(45)56)37-27-29-50-44(32-37)42-23-10-12-25-48(42)55(50)40-20-8-3-9-21-40/h2*1-34H. The molecule has 0 unspecified atom stereocenters. The Morgan fingerprint density at radius 1 is 0.134 bits per heavy atom. The molecule has 16 aromatic carbocycles. The molecule has 112 heavy (non-hydrogen) atoms. The molecule has 8 nitrogen and oxygen atoms in total. The molecule has 0 atom stereocenters. The van der Waals surface area contributed by atoms with Crippen molar-refractivity contribution in [2.75, 3.05) is 0 Å². The van der Waals surface area contributed by atoms with Gasteiger partial charge in [0.15, 0.2) is 11.6 Å². The largest absolute Gasteiger partial charge is 0.309 e. The molecule has 0 spiro atoms. The molecule has 6 heterocycles. The van der Waals surface area contributed by atoms with Crippen LogP contribution in [-0.2, 0) is 0 Å². The summed E-state index contributed by atoms with van der Waals surface area (Å²) in [7, 11) is 0. The summed E-state index contributed by atoms with van der Waals surface area (Å²) in [5, 5.41) is 9.84. The maximum Gasteiger partial charge on any atom is 0.160 e. The van der Waals surface area contributed by atoms with Gasteiger partial charge in [0.2, 0.25) is 0 Å². The Labute approximate surface area is 646 Å². The van der Waals surface area contributed by atoms with E-state index in [9.17, 15) is 0 Å². The fourth-order valence-electron chi connectivity index (χ4n) is 16.6. The van der Waals surface area contributed by atoms with Crippen molar-refractivity contribution in [2.45, 2.75) is 0 Å². The van der Waals surface area contributed by atoms with Gasteiger partial charge >= 0.3 is 0 Å². The number of hydrogen-bond donors (Lipinski definition) is 0. The zero-order valence-corrected chi connectivity index (χ0v) is 60.8. The van der Waals surface area contributed by atoms with E-state index in [1.807, 2.05) is 24.3 Å². The van der Waals surface area contributed by atoms with E-state index in [2.05, 4.69) is 407 Å². The monoisotopic (exact) mass is 1430 g/mol. The van der Waals surface area contributed by atoms with Crippen LogP contribution in [0.15, 0.2) is 413 Å². The van der Waals surface area contributed by atoms with Crippen molar-refractivity contribution in [3.63, 3.8) is 0 Å². The van der Waals surface area contributed by atoms with Crippen LogP contribution in [0.2, 0.25) is 0 Å². The number of rotatable bonds is 12. The highest BCUT2D eigenvalue weighted by Gasteiger charge is 2.22. The smallest absolute Gasteiger partial charge is 0.160 e. The third-order valence-corrected chi connectivity index (χ3v) is 21.8. The van der Waals surface area contributed by atoms with Gasteiger partial charge in [0.25, 0.3) is 0 Å². The van der Waals surface area contributed by atoms with Gasteiger partial charge in [0, 0.05) is 99.2 Å². The van der Waals surface area contributed by atoms with E-state index in [1.165, 1.54) is 87.4 Å². The van der Waals surface area contributed by atoms with Crippen LogP contribution in [0.5, 0.6) is 0 Å². The quantitative estimate of drug-likeness (QED) is 0.122. The van der Waals surface area contributed by atoms with Gasteiger partial charge in [-0.15, -0.1) is 0 Å². The van der Waals surface area contributed by atoms with Gasteiger partial charge in [-0.2, -0.15) is 0 Å². The Bertz CT molecular complexity index is 6790. The molecule has 0 aliphatic carbocycles. The van der Waals surface area contributed by atoms with Crippen molar-refractivity contribution in [1.29, 1.82) is 0 Å². The fourth-order valence-corrected chi connectivity index (χ4v) is 16.6. The molecule has 524 valence electrons. The molecule has 8 heteroatoms. The minimum absolute atomic E-state index is 0.694. The number of para-hydroxylation sites is 6. The van der Waals surface area contributed by atoms with Crippen molar-refractivity contribution in [3.05, 3.63) is 413 Å². The second-order valence-electron chi connectivity index (χ2n) is 28.5. The Balaban J connectivity index is 0.000000141. The lowest BCUT2D eigenvalue weighted by molar-refractivity contribution is 1.16. The Kier molecular flexibility index (Phi) is 16.1. The average Bonchev–Trinajstić information content (AvgIpc) is 1.59. The van der Waals surface area contributed by atoms with Crippen molar-refractivity contribution < 1.29 is 0 Å². The summed E-state index contributed by atoms with van der Waals surface area (Å²) in [5.74, 6) is 1.39. The van der Waals surface area contributed by atoms with E-state index in [1.54, 1.807) is 0 Å². The second-order valence-corrected chi connectivity index (χ2v) is 28.5. The zero-order chi connectivity index (χ0) is 74.0. The first kappa shape index (κ1) is 65.2. The van der Waals surface area contributed by atoms with Gasteiger partial charge in [-0.05, 0) is 156 Å². The molecule has 0 fully saturated rings. The van der Waals surface area contributed by atoms with E-state index in [0.29, 0.717) is 11.6 Å². The van der Waals surface area contributed by atoms with Crippen LogP contribution in [0, 0.1) is 0 Å². The highest BCUT2D eigenvalue weighted by atomic mass is 15.0. The van der Waals surface area contributed by atoms with Crippen LogP contribution in [-0.4, -0.2) is 38.2 Å². The van der Waals surface area contributed by atoms with Gasteiger partial charge in [0.1, 0.15) is 0 Å². The van der Waals surface area contributed by atoms with Gasteiger partial charge in [-0.3, -0.25) is 0 Å². The summed E-state index contributed by atoms with van der Waals surface area (Å²) in [6.07, 6.45) is 0. The van der Waals surface area contributed by atoms with Crippen LogP contribution < -0.4 is 0 Å². The van der Waals surface area contributed by atoms with Crippen molar-refractivity contribution in [1.82, 2.24) is 38.2 Å². The van der Waals surface area contributed by atoms with E-state index < -0.39 is 0 Å². The molecule has 0 saturated carbocycles. The first-order chi connectivity index (χ1) is 55.5. The highest BCUT2D eigenvalue weighted by Crippen LogP contribution is 2.43. The Morgan fingerprint density at radius 3 is 0.625 bits per heavy atom. The van der Waals surface area contributed by atoms with Gasteiger partial charge in [-0.25, -0.2) is 19.9 Å². The number of fused-ring (bicyclic) bond motifs is 12. The van der Waals surface area contributed by atoms with Gasteiger partial charge in [-0.1, -0.05) is 279 Å². The molecule has 0 N–H and O–H groups in total. The van der Waals surface area contributed by atoms with Crippen LogP contribution in [0.4, 0.5) is 0 Å². The maximum atomic E-state index is 5.13. The minimum atomic E-state index is 0.694. The summed E-state index contributed by atoms with van der Waals surface area (Å²) in [4.78, 5) is 20.5. The molecule has 0 aliphatic rings. The van der Waals surface area contributed by atoms with E-state index in [-0.39, 0.29) is 0 Å². The van der Waals surface area contributed by atoms with Crippen LogP contribution in [0.1, 0.15) is 0 Å². The summed E-state index contributed by atoms with van der Waals surface area (Å²) in [5.41, 5.74) is 28.4. The summed E-state index contributed by atoms with van der Waals surface area (Å²) in [6.45, 7) is 0. The van der Waals surface area contributed by atoms with Gasteiger partial charge < -0.3 is 18.3 Å². The van der Waals surface area contributed by atoms with E-state index in [4.69, 9.17) is 19.9 Å². The lowest BCUT2D eigenvalue weighted by Gasteiger charge is -2.12. The van der Waals surface area contributed by atoms with Gasteiger partial charge in [0.05, 0.1) is 66.9 Å². The molecule has 22 aromatic rings. The molecule has 0 bridgehead atoms. The maximum absolute atomic E-state index is 5.13. The number of aromatic nitrogens is 8. The minimum Gasteiger partial charge on any atom is -0.309 e. The van der Waals surface area contributed by atoms with E-state index in [0.717, 1.165) is 101 Å². The first-order valence-electron chi connectivity index (χ1n) is 38.0. The number of nitrogens with zero attached hydrogens (tertiary/aromatic N) is 8. The lowest BCUT2D eigenvalue weighted by atomic mass is 10.0. The van der Waals surface area contributed by atoms with Crippen molar-refractivity contribution in [3.8, 4) is 113 Å². The molecular weight excluding hydrogens is 1360 g/mol. The van der Waals surface area contributed by atoms with E-state index >= 15 is 0 Å². The molecule has 6 aromatic heterocycles. The Hall–Kier alpha value is -15.1. The van der Waals surface area contributed by atoms with Crippen LogP contribution in [0.3, 0.4) is 0 Å². The van der Waals surface area contributed by atoms with Crippen molar-refractivity contribution in [2.24, 2.45) is 0 Å². The van der Waals surface area contributed by atoms with Crippen LogP contribution in [0.25, 0.3) is 200 Å². The predicted molar refractivity (Wildman–Crippen MR) is 465 cm³/mol. The average molecular weight is 1430 g/mol. The summed E-state index contributed by atoms with van der Waals surface area (Å²) < 4.78 is 9.47. The lowest BCUT2D eigenvalue weighted by Crippen LogP contribution is -1.98. The number of hydrogen-bond acceptors (Lipinski definition) is 4. The Morgan fingerprint density at radius 2 is 0.348 bits per heavy atom. The zero-order valence-electron chi connectivity index (χ0n) is 60.8. The topological polar surface area (TPSA) is 71.3 Å².